The zero-order valence-electron chi connectivity index (χ0n) is 8.75. The van der Waals surface area contributed by atoms with E-state index in [0.29, 0.717) is 16.5 Å². The second-order valence-electron chi connectivity index (χ2n) is 3.63. The zero-order valence-corrected chi connectivity index (χ0v) is 8.75. The Morgan fingerprint density at radius 2 is 2.24 bits per heavy atom. The zero-order chi connectivity index (χ0) is 11.8. The predicted octanol–water partition coefficient (Wildman–Crippen LogP) is 0.390. The third kappa shape index (κ3) is 1.40. The van der Waals surface area contributed by atoms with Crippen molar-refractivity contribution < 1.29 is 0 Å². The molecule has 0 aromatic carbocycles. The van der Waals surface area contributed by atoms with Gasteiger partial charge in [0.2, 0.25) is 0 Å². The lowest BCUT2D eigenvalue weighted by Gasteiger charge is -2.03. The minimum absolute atomic E-state index is 0.473. The molecule has 0 bridgehead atoms. The molecule has 0 aliphatic carbocycles. The van der Waals surface area contributed by atoms with E-state index in [1.165, 1.54) is 6.20 Å². The van der Waals surface area contributed by atoms with Gasteiger partial charge >= 0.3 is 0 Å². The van der Waals surface area contributed by atoms with Crippen LogP contribution < -0.4 is 5.46 Å². The summed E-state index contributed by atoms with van der Waals surface area (Å²) in [5, 5.41) is 19.7. The van der Waals surface area contributed by atoms with E-state index >= 15 is 0 Å². The van der Waals surface area contributed by atoms with Crippen LogP contribution in [-0.2, 0) is 0 Å². The monoisotopic (exact) mass is 219 g/mol. The highest BCUT2D eigenvalue weighted by molar-refractivity contribution is 6.37. The first kappa shape index (κ1) is 9.66. The molecule has 3 aromatic rings. The van der Waals surface area contributed by atoms with Crippen LogP contribution in [0.2, 0.25) is 0 Å². The van der Waals surface area contributed by atoms with E-state index in [4.69, 9.17) is 13.1 Å². The van der Waals surface area contributed by atoms with Crippen molar-refractivity contribution in [1.82, 2.24) is 19.8 Å². The van der Waals surface area contributed by atoms with Gasteiger partial charge in [-0.1, -0.05) is 11.5 Å². The highest BCUT2D eigenvalue weighted by Crippen LogP contribution is 2.18. The lowest BCUT2D eigenvalue weighted by atomic mass is 9.92. The molecular formula is C11H6BN5. The van der Waals surface area contributed by atoms with E-state index in [0.717, 1.165) is 11.1 Å². The van der Waals surface area contributed by atoms with Crippen LogP contribution in [0.3, 0.4) is 0 Å². The highest BCUT2D eigenvalue weighted by Gasteiger charge is 2.08. The van der Waals surface area contributed by atoms with Crippen LogP contribution in [0.25, 0.3) is 16.6 Å². The average molecular weight is 219 g/mol. The van der Waals surface area contributed by atoms with Gasteiger partial charge in [0.05, 0.1) is 23.5 Å². The molecule has 0 aliphatic heterocycles. The molecule has 0 aliphatic rings. The third-order valence-corrected chi connectivity index (χ3v) is 2.59. The molecule has 2 radical (unpaired) electrons. The van der Waals surface area contributed by atoms with Gasteiger partial charge < -0.3 is 0 Å². The van der Waals surface area contributed by atoms with E-state index in [1.54, 1.807) is 16.9 Å². The van der Waals surface area contributed by atoms with Crippen molar-refractivity contribution in [2.45, 2.75) is 0 Å². The van der Waals surface area contributed by atoms with Crippen molar-refractivity contribution >= 4 is 18.8 Å². The maximum absolute atomic E-state index is 8.93. The van der Waals surface area contributed by atoms with Crippen molar-refractivity contribution in [3.63, 3.8) is 0 Å². The van der Waals surface area contributed by atoms with Gasteiger partial charge in [0.15, 0.2) is 0 Å². The summed E-state index contributed by atoms with van der Waals surface area (Å²) >= 11 is 0. The second kappa shape index (κ2) is 3.49. The van der Waals surface area contributed by atoms with Gasteiger partial charge in [-0.05, 0) is 0 Å². The molecule has 0 unspecified atom stereocenters. The molecule has 3 aromatic heterocycles. The van der Waals surface area contributed by atoms with Crippen LogP contribution >= 0.6 is 0 Å². The number of H-pyrrole nitrogens is 1. The first-order chi connectivity index (χ1) is 8.29. The van der Waals surface area contributed by atoms with Crippen LogP contribution in [0.5, 0.6) is 0 Å². The van der Waals surface area contributed by atoms with Crippen LogP contribution in [0, 0.1) is 11.3 Å². The molecule has 17 heavy (non-hydrogen) atoms. The third-order valence-electron chi connectivity index (χ3n) is 2.59. The fraction of sp³-hybridized carbons (Fsp3) is 0. The van der Waals surface area contributed by atoms with E-state index in [1.807, 2.05) is 12.3 Å². The highest BCUT2D eigenvalue weighted by atomic mass is 15.2. The Hall–Kier alpha value is -2.55. The molecule has 0 saturated carbocycles. The first-order valence-electron chi connectivity index (χ1n) is 4.95. The fourth-order valence-electron chi connectivity index (χ4n) is 1.80. The summed E-state index contributed by atoms with van der Waals surface area (Å²) in [6.45, 7) is 0. The topological polar surface area (TPSA) is 69.8 Å². The Morgan fingerprint density at radius 3 is 2.94 bits per heavy atom. The molecule has 0 atom stereocenters. The summed E-state index contributed by atoms with van der Waals surface area (Å²) in [5.74, 6) is 0. The maximum atomic E-state index is 8.93. The van der Waals surface area contributed by atoms with Gasteiger partial charge in [-0.15, -0.1) is 0 Å². The Balaban J connectivity index is 2.30. The number of aromatic amines is 1. The number of pyridine rings is 1. The van der Waals surface area contributed by atoms with Gasteiger partial charge in [0.25, 0.3) is 0 Å². The van der Waals surface area contributed by atoms with E-state index in [9.17, 15) is 0 Å². The lowest BCUT2D eigenvalue weighted by molar-refractivity contribution is 0.966. The molecule has 3 rings (SSSR count). The summed E-state index contributed by atoms with van der Waals surface area (Å²) < 4.78 is 1.61. The van der Waals surface area contributed by atoms with Crippen molar-refractivity contribution in [2.24, 2.45) is 0 Å². The number of nitrogens with zero attached hydrogens (tertiary/aromatic N) is 4. The van der Waals surface area contributed by atoms with Crippen LogP contribution in [0.1, 0.15) is 5.56 Å². The van der Waals surface area contributed by atoms with Gasteiger partial charge in [0, 0.05) is 23.5 Å². The summed E-state index contributed by atoms with van der Waals surface area (Å²) in [6.07, 6.45) is 6.80. The molecule has 0 fully saturated rings. The maximum Gasteiger partial charge on any atom is 0.116 e. The summed E-state index contributed by atoms with van der Waals surface area (Å²) in [6, 6.07) is 3.87. The van der Waals surface area contributed by atoms with Crippen molar-refractivity contribution in [3.8, 4) is 17.2 Å². The molecule has 0 saturated heterocycles. The lowest BCUT2D eigenvalue weighted by Crippen LogP contribution is -2.09. The van der Waals surface area contributed by atoms with Gasteiger partial charge in [-0.25, -0.2) is 4.52 Å². The fourth-order valence-corrected chi connectivity index (χ4v) is 1.80. The number of hydrogen-bond donors (Lipinski definition) is 1. The number of aromatic nitrogens is 4. The van der Waals surface area contributed by atoms with Crippen LogP contribution in [0.4, 0.5) is 0 Å². The van der Waals surface area contributed by atoms with Gasteiger partial charge in [-0.2, -0.15) is 15.5 Å². The smallest absolute Gasteiger partial charge is 0.116 e. The second-order valence-corrected chi connectivity index (χ2v) is 3.63. The summed E-state index contributed by atoms with van der Waals surface area (Å²) in [4.78, 5) is 0. The van der Waals surface area contributed by atoms with E-state index < -0.39 is 0 Å². The van der Waals surface area contributed by atoms with Crippen molar-refractivity contribution in [2.75, 3.05) is 0 Å². The SMILES string of the molecule is [B]c1cc(-c2cn[nH]c2)cn2ncc(C#N)c12. The Morgan fingerprint density at radius 1 is 1.35 bits per heavy atom. The van der Waals surface area contributed by atoms with Crippen LogP contribution in [0.15, 0.2) is 30.9 Å². The van der Waals surface area contributed by atoms with E-state index in [2.05, 4.69) is 21.4 Å². The summed E-state index contributed by atoms with van der Waals surface area (Å²) in [5.41, 5.74) is 3.46. The number of rotatable bonds is 1. The Labute approximate surface area is 98.1 Å². The first-order valence-corrected chi connectivity index (χ1v) is 4.95. The molecular weight excluding hydrogens is 213 g/mol. The normalized spacial score (nSPS) is 10.5. The van der Waals surface area contributed by atoms with Crippen molar-refractivity contribution in [1.29, 1.82) is 5.26 Å². The molecule has 3 heterocycles. The molecule has 0 amide bonds. The molecule has 0 spiro atoms. The summed E-state index contributed by atoms with van der Waals surface area (Å²) in [7, 11) is 5.94. The Kier molecular flexibility index (Phi) is 1.98. The van der Waals surface area contributed by atoms with E-state index in [-0.39, 0.29) is 0 Å². The minimum Gasteiger partial charge on any atom is -0.285 e. The quantitative estimate of drug-likeness (QED) is 0.601. The van der Waals surface area contributed by atoms with Gasteiger partial charge in [-0.3, -0.25) is 5.10 Å². The molecule has 6 heteroatoms. The largest absolute Gasteiger partial charge is 0.285 e. The number of hydrogen-bond acceptors (Lipinski definition) is 3. The Bertz CT molecular complexity index is 720. The number of nitriles is 1. The average Bonchev–Trinajstić information content (AvgIpc) is 2.97. The standard InChI is InChI=1S/C11H6BN5/c12-10-1-7(9-3-14-15-4-9)6-17-11(10)8(2-13)5-16-17/h1,3-6H,(H,14,15). The molecule has 1 N–H and O–H groups in total. The number of nitrogens with one attached hydrogen (secondary N) is 1. The van der Waals surface area contributed by atoms with Gasteiger partial charge in [0.1, 0.15) is 13.9 Å². The molecule has 78 valence electrons. The van der Waals surface area contributed by atoms with Crippen molar-refractivity contribution in [3.05, 3.63) is 36.4 Å². The number of fused-ring (bicyclic) bond motifs is 1. The van der Waals surface area contributed by atoms with Crippen LogP contribution in [-0.4, -0.2) is 27.7 Å². The minimum atomic E-state index is 0.473. The molecule has 5 nitrogen and oxygen atoms in total. The predicted molar refractivity (Wildman–Crippen MR) is 62.9 cm³/mol.